The highest BCUT2D eigenvalue weighted by Crippen LogP contribution is 2.59. The minimum Gasteiger partial charge on any atom is -0.380 e. The second kappa shape index (κ2) is 5.08. The average molecular weight is 305 g/mol. The van der Waals surface area contributed by atoms with Gasteiger partial charge in [-0.1, -0.05) is 24.1 Å². The van der Waals surface area contributed by atoms with Gasteiger partial charge < -0.3 is 10.2 Å². The summed E-state index contributed by atoms with van der Waals surface area (Å²) in [6, 6.07) is 6.88. The van der Waals surface area contributed by atoms with Crippen LogP contribution in [0.3, 0.4) is 0 Å². The van der Waals surface area contributed by atoms with Crippen LogP contribution in [-0.2, 0) is 0 Å². The van der Waals surface area contributed by atoms with E-state index in [9.17, 15) is 0 Å². The maximum Gasteiger partial charge on any atom is 0.0786 e. The van der Waals surface area contributed by atoms with Gasteiger partial charge in [-0.25, -0.2) is 0 Å². The zero-order chi connectivity index (χ0) is 14.6. The highest BCUT2D eigenvalue weighted by Gasteiger charge is 2.53. The van der Waals surface area contributed by atoms with Crippen molar-refractivity contribution in [3.05, 3.63) is 23.2 Å². The van der Waals surface area contributed by atoms with E-state index in [1.807, 2.05) is 6.07 Å². The first kappa shape index (κ1) is 13.8. The highest BCUT2D eigenvalue weighted by atomic mass is 35.5. The highest BCUT2D eigenvalue weighted by molar-refractivity contribution is 6.34. The summed E-state index contributed by atoms with van der Waals surface area (Å²) in [6.07, 6.45) is 7.27. The molecule has 0 heterocycles. The summed E-state index contributed by atoms with van der Waals surface area (Å²) in [4.78, 5) is 2.12. The van der Waals surface area contributed by atoms with Crippen molar-refractivity contribution in [3.63, 3.8) is 0 Å². The zero-order valence-electron chi connectivity index (χ0n) is 13.0. The SMILES string of the molecule is CN(C)c1c(Cl)cccc1NC1CC2CC1C1CCCC21. The molecule has 3 fully saturated rings. The monoisotopic (exact) mass is 304 g/mol. The Bertz CT molecular complexity index is 542. The lowest BCUT2D eigenvalue weighted by atomic mass is 9.79. The number of anilines is 2. The van der Waals surface area contributed by atoms with Gasteiger partial charge in [0.05, 0.1) is 16.4 Å². The first-order valence-electron chi connectivity index (χ1n) is 8.37. The van der Waals surface area contributed by atoms with Gasteiger partial charge in [-0.2, -0.15) is 0 Å². The van der Waals surface area contributed by atoms with Crippen LogP contribution in [0.15, 0.2) is 18.2 Å². The number of hydrogen-bond donors (Lipinski definition) is 1. The minimum absolute atomic E-state index is 0.659. The van der Waals surface area contributed by atoms with Crippen LogP contribution < -0.4 is 10.2 Å². The fourth-order valence-electron chi connectivity index (χ4n) is 5.52. The summed E-state index contributed by atoms with van der Waals surface area (Å²) in [6.45, 7) is 0. The van der Waals surface area contributed by atoms with Gasteiger partial charge in [0.2, 0.25) is 0 Å². The molecule has 0 aliphatic heterocycles. The van der Waals surface area contributed by atoms with Crippen molar-refractivity contribution in [2.45, 2.75) is 38.1 Å². The van der Waals surface area contributed by atoms with E-state index in [0.29, 0.717) is 6.04 Å². The molecule has 0 aromatic heterocycles. The van der Waals surface area contributed by atoms with E-state index in [4.69, 9.17) is 11.6 Å². The second-order valence-electron chi connectivity index (χ2n) is 7.44. The molecule has 21 heavy (non-hydrogen) atoms. The molecule has 5 unspecified atom stereocenters. The molecule has 3 saturated carbocycles. The van der Waals surface area contributed by atoms with Gasteiger partial charge in [-0.3, -0.25) is 0 Å². The van der Waals surface area contributed by atoms with Crippen molar-refractivity contribution < 1.29 is 0 Å². The Labute approximate surface area is 132 Å². The van der Waals surface area contributed by atoms with Crippen LogP contribution in [-0.4, -0.2) is 20.1 Å². The van der Waals surface area contributed by atoms with Gasteiger partial charge in [0.15, 0.2) is 0 Å². The lowest BCUT2D eigenvalue weighted by Crippen LogP contribution is -2.34. The topological polar surface area (TPSA) is 15.3 Å². The van der Waals surface area contributed by atoms with E-state index in [1.54, 1.807) is 0 Å². The fraction of sp³-hybridized carbons (Fsp3) is 0.667. The summed E-state index contributed by atoms with van der Waals surface area (Å²) < 4.78 is 0. The lowest BCUT2D eigenvalue weighted by Gasteiger charge is -2.33. The molecule has 0 radical (unpaired) electrons. The van der Waals surface area contributed by atoms with Crippen molar-refractivity contribution in [1.82, 2.24) is 0 Å². The van der Waals surface area contributed by atoms with E-state index >= 15 is 0 Å². The van der Waals surface area contributed by atoms with Gasteiger partial charge >= 0.3 is 0 Å². The third-order valence-electron chi connectivity index (χ3n) is 6.20. The predicted octanol–water partition coefficient (Wildman–Crippen LogP) is 4.64. The fourth-order valence-corrected chi connectivity index (χ4v) is 5.86. The third-order valence-corrected chi connectivity index (χ3v) is 6.51. The molecule has 1 N–H and O–H groups in total. The molecule has 2 bridgehead atoms. The number of fused-ring (bicyclic) bond motifs is 5. The number of hydrogen-bond acceptors (Lipinski definition) is 2. The second-order valence-corrected chi connectivity index (χ2v) is 7.84. The molecule has 1 aromatic rings. The Morgan fingerprint density at radius 1 is 1.10 bits per heavy atom. The smallest absolute Gasteiger partial charge is 0.0786 e. The number of rotatable bonds is 3. The normalized spacial score (nSPS) is 36.8. The molecule has 1 aromatic carbocycles. The molecular weight excluding hydrogens is 280 g/mol. The third kappa shape index (κ3) is 2.14. The quantitative estimate of drug-likeness (QED) is 0.875. The molecular formula is C18H25ClN2. The Hall–Kier alpha value is -0.890. The Balaban J connectivity index is 1.57. The minimum atomic E-state index is 0.659. The number of benzene rings is 1. The van der Waals surface area contributed by atoms with Crippen LogP contribution in [0.4, 0.5) is 11.4 Å². The van der Waals surface area contributed by atoms with E-state index in [1.165, 1.54) is 37.8 Å². The van der Waals surface area contributed by atoms with Crippen LogP contribution >= 0.6 is 11.6 Å². The Kier molecular flexibility index (Phi) is 3.33. The molecule has 3 heteroatoms. The maximum absolute atomic E-state index is 6.40. The molecule has 4 rings (SSSR count). The van der Waals surface area contributed by atoms with Crippen molar-refractivity contribution in [2.75, 3.05) is 24.3 Å². The van der Waals surface area contributed by atoms with Gasteiger partial charge in [0, 0.05) is 20.1 Å². The average Bonchev–Trinajstić information content (AvgIpc) is 3.09. The van der Waals surface area contributed by atoms with Gasteiger partial charge in [-0.15, -0.1) is 0 Å². The van der Waals surface area contributed by atoms with Crippen LogP contribution in [0, 0.1) is 23.7 Å². The summed E-state index contributed by atoms with van der Waals surface area (Å²) in [5.74, 6) is 3.95. The van der Waals surface area contributed by atoms with Gasteiger partial charge in [-0.05, 0) is 61.5 Å². The molecule has 3 aliphatic carbocycles. The first-order chi connectivity index (χ1) is 10.1. The van der Waals surface area contributed by atoms with Crippen LogP contribution in [0.2, 0.25) is 5.02 Å². The molecule has 0 amide bonds. The summed E-state index contributed by atoms with van der Waals surface area (Å²) >= 11 is 6.40. The van der Waals surface area contributed by atoms with Crippen LogP contribution in [0.25, 0.3) is 0 Å². The van der Waals surface area contributed by atoms with Crippen LogP contribution in [0.1, 0.15) is 32.1 Å². The van der Waals surface area contributed by atoms with Crippen LogP contribution in [0.5, 0.6) is 0 Å². The van der Waals surface area contributed by atoms with Gasteiger partial charge in [0.1, 0.15) is 0 Å². The molecule has 0 spiro atoms. The number of nitrogens with zero attached hydrogens (tertiary/aromatic N) is 1. The maximum atomic E-state index is 6.40. The Morgan fingerprint density at radius 2 is 1.90 bits per heavy atom. The van der Waals surface area contributed by atoms with E-state index in [-0.39, 0.29) is 0 Å². The molecule has 2 nitrogen and oxygen atoms in total. The number of halogens is 1. The van der Waals surface area contributed by atoms with Crippen molar-refractivity contribution in [1.29, 1.82) is 0 Å². The van der Waals surface area contributed by atoms with Crippen molar-refractivity contribution >= 4 is 23.0 Å². The number of para-hydroxylation sites is 1. The molecule has 114 valence electrons. The van der Waals surface area contributed by atoms with E-state index in [2.05, 4.69) is 36.4 Å². The Morgan fingerprint density at radius 3 is 2.71 bits per heavy atom. The summed E-state index contributed by atoms with van der Waals surface area (Å²) in [5.41, 5.74) is 2.34. The lowest BCUT2D eigenvalue weighted by molar-refractivity contribution is 0.243. The first-order valence-corrected chi connectivity index (χ1v) is 8.75. The van der Waals surface area contributed by atoms with Crippen molar-refractivity contribution in [3.8, 4) is 0 Å². The molecule has 3 aliphatic rings. The zero-order valence-corrected chi connectivity index (χ0v) is 13.7. The van der Waals surface area contributed by atoms with E-state index < -0.39 is 0 Å². The largest absolute Gasteiger partial charge is 0.380 e. The number of nitrogens with one attached hydrogen (secondary N) is 1. The van der Waals surface area contributed by atoms with Crippen molar-refractivity contribution in [2.24, 2.45) is 23.7 Å². The summed E-state index contributed by atoms with van der Waals surface area (Å²) in [5, 5.41) is 4.69. The molecule has 0 saturated heterocycles. The summed E-state index contributed by atoms with van der Waals surface area (Å²) in [7, 11) is 4.14. The molecule has 5 atom stereocenters. The van der Waals surface area contributed by atoms with E-state index in [0.717, 1.165) is 34.4 Å². The van der Waals surface area contributed by atoms with Gasteiger partial charge in [0.25, 0.3) is 0 Å². The predicted molar refractivity (Wildman–Crippen MR) is 90.2 cm³/mol. The standard InChI is InChI=1S/C18H25ClN2/c1-21(2)18-15(19)7-4-8-16(18)20-17-10-11-9-14(17)13-6-3-5-12(11)13/h4,7-8,11-14,17,20H,3,5-6,9-10H2,1-2H3.